The van der Waals surface area contributed by atoms with Crippen molar-refractivity contribution >= 4 is 17.5 Å². The van der Waals surface area contributed by atoms with Crippen LogP contribution < -0.4 is 10.6 Å². The molecule has 0 radical (unpaired) electrons. The van der Waals surface area contributed by atoms with Crippen LogP contribution in [0.25, 0.3) is 0 Å². The van der Waals surface area contributed by atoms with Crippen LogP contribution >= 0.6 is 0 Å². The van der Waals surface area contributed by atoms with Crippen molar-refractivity contribution in [1.29, 1.82) is 0 Å². The maximum Gasteiger partial charge on any atom is 0.251 e. The molecule has 0 aliphatic heterocycles. The molecule has 0 atom stereocenters. The van der Waals surface area contributed by atoms with E-state index in [1.54, 1.807) is 29.1 Å². The molecule has 1 aromatic carbocycles. The monoisotopic (exact) mass is 328 g/mol. The first kappa shape index (κ1) is 17.7. The highest BCUT2D eigenvalue weighted by Crippen LogP contribution is 2.17. The lowest BCUT2D eigenvalue weighted by Gasteiger charge is -2.11. The zero-order chi connectivity index (χ0) is 17.7. The second-order valence-corrected chi connectivity index (χ2v) is 6.38. The fraction of sp³-hybridized carbons (Fsp3) is 0.389. The van der Waals surface area contributed by atoms with E-state index in [9.17, 15) is 9.59 Å². The van der Waals surface area contributed by atoms with Crippen LogP contribution in [0.4, 0.5) is 5.69 Å². The second-order valence-electron chi connectivity index (χ2n) is 6.38. The number of carbonyl (C=O) groups is 2. The Balaban J connectivity index is 1.97. The van der Waals surface area contributed by atoms with Crippen molar-refractivity contribution < 1.29 is 9.59 Å². The predicted molar refractivity (Wildman–Crippen MR) is 93.6 cm³/mol. The Hall–Kier alpha value is -2.63. The molecule has 0 aliphatic carbocycles. The van der Waals surface area contributed by atoms with Gasteiger partial charge in [0.05, 0.1) is 6.20 Å². The van der Waals surface area contributed by atoms with Gasteiger partial charge in [0.1, 0.15) is 0 Å². The summed E-state index contributed by atoms with van der Waals surface area (Å²) in [5.74, 6) is 0.145. The Bertz CT molecular complexity index is 734. The Morgan fingerprint density at radius 1 is 1.29 bits per heavy atom. The summed E-state index contributed by atoms with van der Waals surface area (Å²) in [5.41, 5.74) is 3.11. The number of aryl methyl sites for hydroxylation is 2. The van der Waals surface area contributed by atoms with E-state index in [-0.39, 0.29) is 11.8 Å². The largest absolute Gasteiger partial charge is 0.348 e. The van der Waals surface area contributed by atoms with Crippen molar-refractivity contribution in [3.63, 3.8) is 0 Å². The Morgan fingerprint density at radius 2 is 2.04 bits per heavy atom. The van der Waals surface area contributed by atoms with Crippen molar-refractivity contribution in [2.45, 2.75) is 33.7 Å². The van der Waals surface area contributed by atoms with E-state index < -0.39 is 0 Å². The molecule has 2 rings (SSSR count). The van der Waals surface area contributed by atoms with Crippen molar-refractivity contribution in [3.8, 4) is 0 Å². The standard InChI is InChI=1S/C18H24N4O2/c1-12(2)7-17(23)21-16-6-5-15(8-13(16)3)18(24)19-9-14-10-20-22(4)11-14/h5-6,8,10-12H,7,9H2,1-4H3,(H,19,24)(H,21,23). The molecule has 0 aliphatic rings. The van der Waals surface area contributed by atoms with Crippen molar-refractivity contribution in [1.82, 2.24) is 15.1 Å². The molecule has 2 N–H and O–H groups in total. The predicted octanol–water partition coefficient (Wildman–Crippen LogP) is 2.64. The maximum atomic E-state index is 12.2. The fourth-order valence-electron chi connectivity index (χ4n) is 2.36. The van der Waals surface area contributed by atoms with Gasteiger partial charge in [0.2, 0.25) is 5.91 Å². The lowest BCUT2D eigenvalue weighted by Crippen LogP contribution is -2.23. The summed E-state index contributed by atoms with van der Waals surface area (Å²) in [5, 5.41) is 9.82. The quantitative estimate of drug-likeness (QED) is 0.856. The molecular weight excluding hydrogens is 304 g/mol. The molecule has 24 heavy (non-hydrogen) atoms. The van der Waals surface area contributed by atoms with Crippen LogP contribution in [-0.2, 0) is 18.4 Å². The first-order chi connectivity index (χ1) is 11.3. The first-order valence-electron chi connectivity index (χ1n) is 8.01. The molecule has 6 nitrogen and oxygen atoms in total. The lowest BCUT2D eigenvalue weighted by molar-refractivity contribution is -0.116. The molecule has 2 amide bonds. The molecule has 0 spiro atoms. The van der Waals surface area contributed by atoms with E-state index in [1.807, 2.05) is 34.0 Å². The third-order valence-corrected chi connectivity index (χ3v) is 3.57. The zero-order valence-corrected chi connectivity index (χ0v) is 14.6. The number of anilines is 1. The summed E-state index contributed by atoms with van der Waals surface area (Å²) in [6, 6.07) is 5.27. The summed E-state index contributed by atoms with van der Waals surface area (Å²) >= 11 is 0. The SMILES string of the molecule is Cc1cc(C(=O)NCc2cnn(C)c2)ccc1NC(=O)CC(C)C. The highest BCUT2D eigenvalue weighted by Gasteiger charge is 2.11. The number of aromatic nitrogens is 2. The summed E-state index contributed by atoms with van der Waals surface area (Å²) < 4.78 is 1.69. The van der Waals surface area contributed by atoms with Gasteiger partial charge in [-0.3, -0.25) is 14.3 Å². The van der Waals surface area contributed by atoms with E-state index >= 15 is 0 Å². The van der Waals surface area contributed by atoms with E-state index in [1.165, 1.54) is 0 Å². The van der Waals surface area contributed by atoms with Crippen LogP contribution in [0.15, 0.2) is 30.6 Å². The molecule has 6 heteroatoms. The number of nitrogens with one attached hydrogen (secondary N) is 2. The van der Waals surface area contributed by atoms with Gasteiger partial charge in [-0.25, -0.2) is 0 Å². The summed E-state index contributed by atoms with van der Waals surface area (Å²) in [6.45, 7) is 6.31. The van der Waals surface area contributed by atoms with Crippen molar-refractivity contribution in [2.75, 3.05) is 5.32 Å². The molecule has 1 heterocycles. The van der Waals surface area contributed by atoms with Gasteiger partial charge in [-0.1, -0.05) is 13.8 Å². The topological polar surface area (TPSA) is 76.0 Å². The Labute approximate surface area is 142 Å². The Kier molecular flexibility index (Phi) is 5.73. The number of nitrogens with zero attached hydrogens (tertiary/aromatic N) is 2. The lowest BCUT2D eigenvalue weighted by atomic mass is 10.1. The molecule has 0 saturated carbocycles. The first-order valence-corrected chi connectivity index (χ1v) is 8.01. The minimum Gasteiger partial charge on any atom is -0.348 e. The molecular formula is C18H24N4O2. The van der Waals surface area contributed by atoms with Gasteiger partial charge in [0.15, 0.2) is 0 Å². The smallest absolute Gasteiger partial charge is 0.251 e. The highest BCUT2D eigenvalue weighted by atomic mass is 16.2. The van der Waals surface area contributed by atoms with Gasteiger partial charge >= 0.3 is 0 Å². The van der Waals surface area contributed by atoms with Crippen LogP contribution in [0.1, 0.15) is 41.8 Å². The molecule has 0 fully saturated rings. The number of hydrogen-bond donors (Lipinski definition) is 2. The Morgan fingerprint density at radius 3 is 2.62 bits per heavy atom. The summed E-state index contributed by atoms with van der Waals surface area (Å²) in [4.78, 5) is 24.1. The second kappa shape index (κ2) is 7.77. The normalized spacial score (nSPS) is 10.7. The van der Waals surface area contributed by atoms with Gasteiger partial charge in [-0.15, -0.1) is 0 Å². The number of benzene rings is 1. The average Bonchev–Trinajstić information content (AvgIpc) is 2.91. The van der Waals surface area contributed by atoms with Gasteiger partial charge in [-0.2, -0.15) is 5.10 Å². The van der Waals surface area contributed by atoms with Crippen molar-refractivity contribution in [2.24, 2.45) is 13.0 Å². The number of rotatable bonds is 6. The van der Waals surface area contributed by atoms with E-state index in [0.29, 0.717) is 24.4 Å². The van der Waals surface area contributed by atoms with Gasteiger partial charge in [0.25, 0.3) is 5.91 Å². The third kappa shape index (κ3) is 4.94. The van der Waals surface area contributed by atoms with E-state index in [2.05, 4.69) is 15.7 Å². The minimum absolute atomic E-state index is 0.0121. The van der Waals surface area contributed by atoms with Gasteiger partial charge < -0.3 is 10.6 Å². The molecule has 2 aromatic rings. The van der Waals surface area contributed by atoms with E-state index in [0.717, 1.165) is 16.8 Å². The molecule has 0 saturated heterocycles. The fourth-order valence-corrected chi connectivity index (χ4v) is 2.36. The van der Waals surface area contributed by atoms with Gasteiger partial charge in [0, 0.05) is 43.0 Å². The third-order valence-electron chi connectivity index (χ3n) is 3.57. The average molecular weight is 328 g/mol. The van der Waals surface area contributed by atoms with Crippen LogP contribution in [0, 0.1) is 12.8 Å². The van der Waals surface area contributed by atoms with Crippen LogP contribution in [0.3, 0.4) is 0 Å². The zero-order valence-electron chi connectivity index (χ0n) is 14.6. The van der Waals surface area contributed by atoms with Gasteiger partial charge in [-0.05, 0) is 36.6 Å². The molecule has 128 valence electrons. The van der Waals surface area contributed by atoms with Crippen LogP contribution in [0.2, 0.25) is 0 Å². The minimum atomic E-state index is -0.151. The number of hydrogen-bond acceptors (Lipinski definition) is 3. The highest BCUT2D eigenvalue weighted by molar-refractivity contribution is 5.96. The van der Waals surface area contributed by atoms with Crippen LogP contribution in [-0.4, -0.2) is 21.6 Å². The number of amides is 2. The molecule has 0 bridgehead atoms. The number of carbonyl (C=O) groups excluding carboxylic acids is 2. The molecule has 1 aromatic heterocycles. The molecule has 0 unspecified atom stereocenters. The summed E-state index contributed by atoms with van der Waals surface area (Å²) in [7, 11) is 1.83. The maximum absolute atomic E-state index is 12.2. The summed E-state index contributed by atoms with van der Waals surface area (Å²) in [6.07, 6.45) is 4.06. The van der Waals surface area contributed by atoms with E-state index in [4.69, 9.17) is 0 Å². The van der Waals surface area contributed by atoms with Crippen LogP contribution in [0.5, 0.6) is 0 Å². The van der Waals surface area contributed by atoms with Crippen molar-refractivity contribution in [3.05, 3.63) is 47.3 Å².